The zero-order valence-electron chi connectivity index (χ0n) is 15.7. The lowest BCUT2D eigenvalue weighted by Crippen LogP contribution is -2.42. The molecule has 0 aliphatic carbocycles. The maximum Gasteiger partial charge on any atom is 0.328 e. The van der Waals surface area contributed by atoms with Crippen molar-refractivity contribution in [2.45, 2.75) is 58.9 Å². The van der Waals surface area contributed by atoms with E-state index in [1.165, 1.54) is 7.11 Å². The lowest BCUT2D eigenvalue weighted by molar-refractivity contribution is -0.145. The van der Waals surface area contributed by atoms with Gasteiger partial charge in [-0.1, -0.05) is 51.8 Å². The van der Waals surface area contributed by atoms with Crippen LogP contribution < -0.4 is 5.32 Å². The summed E-state index contributed by atoms with van der Waals surface area (Å²) in [5.41, 5.74) is 2.00. The molecular weight excluding hydrogens is 316 g/mol. The number of amides is 1. The molecular formula is C20H30N2O3. The molecule has 1 atom stereocenters. The minimum Gasteiger partial charge on any atom is -0.467 e. The Balaban J connectivity index is 0.00000151. The summed E-state index contributed by atoms with van der Waals surface area (Å²) in [6, 6.07) is 7.23. The van der Waals surface area contributed by atoms with E-state index in [1.807, 2.05) is 44.3 Å². The molecule has 5 nitrogen and oxygen atoms in total. The van der Waals surface area contributed by atoms with Crippen LogP contribution in [0.25, 0.3) is 10.9 Å². The number of hydrogen-bond donors (Lipinski definition) is 2. The first-order chi connectivity index (χ1) is 12.2. The number of rotatable bonds is 8. The number of nitrogens with one attached hydrogen (secondary N) is 2. The Labute approximate surface area is 150 Å². The number of aromatic nitrogens is 1. The van der Waals surface area contributed by atoms with Crippen molar-refractivity contribution in [2.75, 3.05) is 7.11 Å². The predicted molar refractivity (Wildman–Crippen MR) is 101 cm³/mol. The molecule has 0 spiro atoms. The molecule has 2 aromatic rings. The molecule has 25 heavy (non-hydrogen) atoms. The van der Waals surface area contributed by atoms with Crippen LogP contribution in [0.15, 0.2) is 30.5 Å². The standard InChI is InChI=1S/C18H24N2O3.C2H6/c1-3-4-5-10-17(21)20-16(18(22)23-2)11-13-12-19-15-9-7-6-8-14(13)15;1-2/h6-9,12,16,19H,3-5,10-11H2,1-2H3,(H,20,21);1-2H3. The smallest absolute Gasteiger partial charge is 0.328 e. The normalized spacial score (nSPS) is 11.4. The van der Waals surface area contributed by atoms with Crippen molar-refractivity contribution >= 4 is 22.8 Å². The molecule has 0 aliphatic rings. The first-order valence-corrected chi connectivity index (χ1v) is 9.08. The van der Waals surface area contributed by atoms with Crippen LogP contribution in [0.4, 0.5) is 0 Å². The van der Waals surface area contributed by atoms with Gasteiger partial charge in [-0.2, -0.15) is 0 Å². The van der Waals surface area contributed by atoms with Gasteiger partial charge in [-0.25, -0.2) is 4.79 Å². The fraction of sp³-hybridized carbons (Fsp3) is 0.500. The second-order valence-corrected chi connectivity index (χ2v) is 5.66. The molecule has 1 unspecified atom stereocenters. The number of benzene rings is 1. The summed E-state index contributed by atoms with van der Waals surface area (Å²) >= 11 is 0. The molecule has 2 rings (SSSR count). The van der Waals surface area contributed by atoms with E-state index in [1.54, 1.807) is 0 Å². The Morgan fingerprint density at radius 2 is 1.92 bits per heavy atom. The highest BCUT2D eigenvalue weighted by Gasteiger charge is 2.23. The molecule has 1 amide bonds. The van der Waals surface area contributed by atoms with Gasteiger partial charge in [0.1, 0.15) is 6.04 Å². The van der Waals surface area contributed by atoms with Crippen LogP contribution in [0.5, 0.6) is 0 Å². The number of esters is 1. The van der Waals surface area contributed by atoms with Gasteiger partial charge in [0, 0.05) is 29.9 Å². The average Bonchev–Trinajstić information content (AvgIpc) is 3.05. The number of H-pyrrole nitrogens is 1. The molecule has 1 heterocycles. The van der Waals surface area contributed by atoms with E-state index < -0.39 is 12.0 Å². The van der Waals surface area contributed by atoms with Crippen molar-refractivity contribution in [3.8, 4) is 0 Å². The van der Waals surface area contributed by atoms with Crippen LogP contribution in [0.3, 0.4) is 0 Å². The second kappa shape index (κ2) is 11.3. The van der Waals surface area contributed by atoms with Crippen molar-refractivity contribution < 1.29 is 14.3 Å². The molecule has 1 aromatic carbocycles. The number of unbranched alkanes of at least 4 members (excludes halogenated alkanes) is 2. The van der Waals surface area contributed by atoms with Gasteiger partial charge in [-0.15, -0.1) is 0 Å². The third-order valence-electron chi connectivity index (χ3n) is 3.93. The number of carbonyl (C=O) groups excluding carboxylic acids is 2. The average molecular weight is 346 g/mol. The van der Waals surface area contributed by atoms with E-state index in [-0.39, 0.29) is 5.91 Å². The molecule has 2 N–H and O–H groups in total. The third-order valence-corrected chi connectivity index (χ3v) is 3.93. The maximum absolute atomic E-state index is 12.0. The van der Waals surface area contributed by atoms with Crippen molar-refractivity contribution in [1.82, 2.24) is 10.3 Å². The summed E-state index contributed by atoms with van der Waals surface area (Å²) < 4.78 is 4.84. The van der Waals surface area contributed by atoms with Crippen LogP contribution in [0.1, 0.15) is 52.0 Å². The third kappa shape index (κ3) is 6.25. The van der Waals surface area contributed by atoms with Gasteiger partial charge >= 0.3 is 5.97 Å². The summed E-state index contributed by atoms with van der Waals surface area (Å²) in [6.45, 7) is 6.09. The van der Waals surface area contributed by atoms with E-state index in [0.717, 1.165) is 35.7 Å². The molecule has 138 valence electrons. The van der Waals surface area contributed by atoms with Crippen molar-refractivity contribution in [3.63, 3.8) is 0 Å². The summed E-state index contributed by atoms with van der Waals surface area (Å²) in [5, 5.41) is 3.86. The lowest BCUT2D eigenvalue weighted by Gasteiger charge is -2.16. The van der Waals surface area contributed by atoms with Crippen molar-refractivity contribution in [2.24, 2.45) is 0 Å². The van der Waals surface area contributed by atoms with Crippen LogP contribution in [0.2, 0.25) is 0 Å². The monoisotopic (exact) mass is 346 g/mol. The number of para-hydroxylation sites is 1. The van der Waals surface area contributed by atoms with Gasteiger partial charge in [0.2, 0.25) is 5.91 Å². The van der Waals surface area contributed by atoms with Gasteiger partial charge in [0.25, 0.3) is 0 Å². The fourth-order valence-electron chi connectivity index (χ4n) is 2.66. The van der Waals surface area contributed by atoms with Crippen LogP contribution in [-0.4, -0.2) is 30.0 Å². The zero-order chi connectivity index (χ0) is 18.7. The van der Waals surface area contributed by atoms with Crippen molar-refractivity contribution in [3.05, 3.63) is 36.0 Å². The van der Waals surface area contributed by atoms with E-state index in [4.69, 9.17) is 4.74 Å². The lowest BCUT2D eigenvalue weighted by atomic mass is 10.0. The van der Waals surface area contributed by atoms with Crippen LogP contribution in [-0.2, 0) is 20.7 Å². The number of fused-ring (bicyclic) bond motifs is 1. The molecule has 0 bridgehead atoms. The largest absolute Gasteiger partial charge is 0.467 e. The van der Waals surface area contributed by atoms with Gasteiger partial charge in [-0.05, 0) is 18.1 Å². The zero-order valence-corrected chi connectivity index (χ0v) is 15.7. The Kier molecular flexibility index (Phi) is 9.37. The number of aromatic amines is 1. The quantitative estimate of drug-likeness (QED) is 0.561. The van der Waals surface area contributed by atoms with Crippen LogP contribution >= 0.6 is 0 Å². The first-order valence-electron chi connectivity index (χ1n) is 9.08. The Hall–Kier alpha value is -2.30. The summed E-state index contributed by atoms with van der Waals surface area (Å²) in [5.74, 6) is -0.521. The summed E-state index contributed by atoms with van der Waals surface area (Å²) in [6.07, 6.45) is 5.64. The molecule has 1 aromatic heterocycles. The molecule has 0 saturated carbocycles. The highest BCUT2D eigenvalue weighted by atomic mass is 16.5. The number of methoxy groups -OCH3 is 1. The highest BCUT2D eigenvalue weighted by molar-refractivity contribution is 5.87. The summed E-state index contributed by atoms with van der Waals surface area (Å²) in [4.78, 5) is 27.2. The molecule has 0 aliphatic heterocycles. The number of carbonyl (C=O) groups is 2. The highest BCUT2D eigenvalue weighted by Crippen LogP contribution is 2.19. The minimum atomic E-state index is -0.659. The van der Waals surface area contributed by atoms with Crippen LogP contribution in [0, 0.1) is 0 Å². The predicted octanol–water partition coefficient (Wildman–Crippen LogP) is 3.97. The Morgan fingerprint density at radius 1 is 1.20 bits per heavy atom. The van der Waals surface area contributed by atoms with Gasteiger partial charge in [0.15, 0.2) is 0 Å². The Bertz CT molecular complexity index is 664. The van der Waals surface area contributed by atoms with Crippen molar-refractivity contribution in [1.29, 1.82) is 0 Å². The minimum absolute atomic E-state index is 0.103. The first kappa shape index (κ1) is 20.7. The SMILES string of the molecule is CC.CCCCCC(=O)NC(Cc1c[nH]c2ccccc12)C(=O)OC. The van der Waals surface area contributed by atoms with E-state index >= 15 is 0 Å². The number of hydrogen-bond acceptors (Lipinski definition) is 3. The Morgan fingerprint density at radius 3 is 2.60 bits per heavy atom. The second-order valence-electron chi connectivity index (χ2n) is 5.66. The van der Waals surface area contributed by atoms with Gasteiger partial charge in [0.05, 0.1) is 7.11 Å². The molecule has 5 heteroatoms. The van der Waals surface area contributed by atoms with E-state index in [0.29, 0.717) is 12.8 Å². The fourth-order valence-corrected chi connectivity index (χ4v) is 2.66. The van der Waals surface area contributed by atoms with Gasteiger partial charge in [-0.3, -0.25) is 4.79 Å². The van der Waals surface area contributed by atoms with E-state index in [2.05, 4.69) is 17.2 Å². The molecule has 0 radical (unpaired) electrons. The molecule has 0 saturated heterocycles. The maximum atomic E-state index is 12.0. The summed E-state index contributed by atoms with van der Waals surface area (Å²) in [7, 11) is 1.34. The number of ether oxygens (including phenoxy) is 1. The van der Waals surface area contributed by atoms with E-state index in [9.17, 15) is 9.59 Å². The topological polar surface area (TPSA) is 71.2 Å². The molecule has 0 fully saturated rings. The van der Waals surface area contributed by atoms with Gasteiger partial charge < -0.3 is 15.0 Å².